The number of hydrogen-bond donors (Lipinski definition) is 0. The molecule has 0 saturated heterocycles. The number of rotatable bonds is 9. The number of aryl methyl sites for hydroxylation is 1. The third kappa shape index (κ3) is 7.47. The minimum absolute atomic E-state index is 0.165. The molecule has 1 aromatic carbocycles. The van der Waals surface area contributed by atoms with E-state index in [4.69, 9.17) is 14.2 Å². The maximum Gasteiger partial charge on any atom is 0.305 e. The maximum atomic E-state index is 11.0. The van der Waals surface area contributed by atoms with E-state index in [9.17, 15) is 4.79 Å². The van der Waals surface area contributed by atoms with Crippen molar-refractivity contribution in [3.05, 3.63) is 29.8 Å². The predicted octanol–water partition coefficient (Wildman–Crippen LogP) is 2.73. The van der Waals surface area contributed by atoms with Gasteiger partial charge in [-0.15, -0.1) is 0 Å². The second-order valence-corrected chi connectivity index (χ2v) is 4.24. The molecule has 0 aliphatic rings. The van der Waals surface area contributed by atoms with Crippen LogP contribution in [0.15, 0.2) is 24.3 Å². The van der Waals surface area contributed by atoms with Crippen LogP contribution in [-0.4, -0.2) is 32.4 Å². The average molecular weight is 266 g/mol. The van der Waals surface area contributed by atoms with Crippen molar-refractivity contribution < 1.29 is 19.0 Å². The Morgan fingerprint density at radius 1 is 1.05 bits per heavy atom. The van der Waals surface area contributed by atoms with Crippen molar-refractivity contribution in [1.82, 2.24) is 0 Å². The van der Waals surface area contributed by atoms with Gasteiger partial charge in [0.15, 0.2) is 0 Å². The van der Waals surface area contributed by atoms with Crippen LogP contribution < -0.4 is 4.74 Å². The van der Waals surface area contributed by atoms with E-state index in [-0.39, 0.29) is 5.97 Å². The van der Waals surface area contributed by atoms with Gasteiger partial charge in [0, 0.05) is 6.42 Å². The zero-order chi connectivity index (χ0) is 13.9. The fourth-order valence-electron chi connectivity index (χ4n) is 1.45. The van der Waals surface area contributed by atoms with Gasteiger partial charge in [0.25, 0.3) is 0 Å². The molecule has 0 aliphatic carbocycles. The lowest BCUT2D eigenvalue weighted by Crippen LogP contribution is -2.13. The van der Waals surface area contributed by atoms with Crippen LogP contribution in [-0.2, 0) is 14.3 Å². The fourth-order valence-corrected chi connectivity index (χ4v) is 1.45. The zero-order valence-electron chi connectivity index (χ0n) is 11.7. The Kier molecular flexibility index (Phi) is 7.66. The van der Waals surface area contributed by atoms with Gasteiger partial charge in [-0.25, -0.2) is 0 Å². The summed E-state index contributed by atoms with van der Waals surface area (Å²) in [5.41, 5.74) is 1.21. The van der Waals surface area contributed by atoms with E-state index in [0.29, 0.717) is 32.8 Å². The first-order valence-corrected chi connectivity index (χ1v) is 6.65. The first-order valence-electron chi connectivity index (χ1n) is 6.65. The van der Waals surface area contributed by atoms with Gasteiger partial charge in [0.2, 0.25) is 0 Å². The molecule has 0 aliphatic heterocycles. The largest absolute Gasteiger partial charge is 0.491 e. The van der Waals surface area contributed by atoms with Crippen LogP contribution in [0.2, 0.25) is 0 Å². The van der Waals surface area contributed by atoms with Crippen molar-refractivity contribution >= 4 is 5.97 Å². The standard InChI is InChI=1S/C15H22O4/c1-3-4-15(16)19-12-10-17-9-11-18-14-7-5-13(2)6-8-14/h5-8H,3-4,9-12H2,1-2H3. The number of ether oxygens (including phenoxy) is 3. The van der Waals surface area contributed by atoms with Crippen molar-refractivity contribution in [3.63, 3.8) is 0 Å². The van der Waals surface area contributed by atoms with Gasteiger partial charge in [-0.1, -0.05) is 24.6 Å². The molecule has 0 bridgehead atoms. The maximum absolute atomic E-state index is 11.0. The van der Waals surface area contributed by atoms with E-state index in [1.807, 2.05) is 38.1 Å². The quantitative estimate of drug-likeness (QED) is 0.509. The van der Waals surface area contributed by atoms with Gasteiger partial charge < -0.3 is 14.2 Å². The Morgan fingerprint density at radius 2 is 1.74 bits per heavy atom. The monoisotopic (exact) mass is 266 g/mol. The molecule has 0 heterocycles. The Hall–Kier alpha value is -1.55. The van der Waals surface area contributed by atoms with E-state index in [1.165, 1.54) is 5.56 Å². The van der Waals surface area contributed by atoms with E-state index in [1.54, 1.807) is 0 Å². The molecule has 4 nitrogen and oxygen atoms in total. The Balaban J connectivity index is 1.96. The van der Waals surface area contributed by atoms with Crippen molar-refractivity contribution in [2.75, 3.05) is 26.4 Å². The molecule has 0 radical (unpaired) electrons. The molecule has 0 unspecified atom stereocenters. The van der Waals surface area contributed by atoms with E-state index in [0.717, 1.165) is 12.2 Å². The summed E-state index contributed by atoms with van der Waals surface area (Å²) in [6.07, 6.45) is 1.28. The van der Waals surface area contributed by atoms with Gasteiger partial charge in [-0.2, -0.15) is 0 Å². The van der Waals surface area contributed by atoms with Crippen LogP contribution >= 0.6 is 0 Å². The summed E-state index contributed by atoms with van der Waals surface area (Å²) >= 11 is 0. The van der Waals surface area contributed by atoms with Gasteiger partial charge in [0.05, 0.1) is 13.2 Å². The Morgan fingerprint density at radius 3 is 2.42 bits per heavy atom. The van der Waals surface area contributed by atoms with Gasteiger partial charge in [-0.3, -0.25) is 4.79 Å². The molecule has 4 heteroatoms. The summed E-state index contributed by atoms with van der Waals surface area (Å²) in [4.78, 5) is 11.0. The molecular formula is C15H22O4. The molecule has 0 fully saturated rings. The summed E-state index contributed by atoms with van der Waals surface area (Å²) in [6.45, 7) is 5.67. The number of esters is 1. The van der Waals surface area contributed by atoms with Gasteiger partial charge >= 0.3 is 5.97 Å². The van der Waals surface area contributed by atoms with Crippen LogP contribution in [0.5, 0.6) is 5.75 Å². The topological polar surface area (TPSA) is 44.8 Å². The van der Waals surface area contributed by atoms with Crippen molar-refractivity contribution in [1.29, 1.82) is 0 Å². The fraction of sp³-hybridized carbons (Fsp3) is 0.533. The summed E-state index contributed by atoms with van der Waals surface area (Å²) in [5.74, 6) is 0.672. The summed E-state index contributed by atoms with van der Waals surface area (Å²) in [7, 11) is 0. The van der Waals surface area contributed by atoms with E-state index in [2.05, 4.69) is 0 Å². The molecule has 0 saturated carbocycles. The molecule has 19 heavy (non-hydrogen) atoms. The molecule has 0 N–H and O–H groups in total. The molecule has 0 spiro atoms. The lowest BCUT2D eigenvalue weighted by atomic mass is 10.2. The third-order valence-corrected chi connectivity index (χ3v) is 2.46. The van der Waals surface area contributed by atoms with Crippen LogP contribution in [0, 0.1) is 6.92 Å². The smallest absolute Gasteiger partial charge is 0.305 e. The first kappa shape index (κ1) is 15.5. The molecule has 1 aromatic rings. The minimum Gasteiger partial charge on any atom is -0.491 e. The molecule has 106 valence electrons. The van der Waals surface area contributed by atoms with Crippen molar-refractivity contribution in [2.24, 2.45) is 0 Å². The summed E-state index contributed by atoms with van der Waals surface area (Å²) < 4.78 is 15.8. The summed E-state index contributed by atoms with van der Waals surface area (Å²) in [5, 5.41) is 0. The molecule has 1 rings (SSSR count). The van der Waals surface area contributed by atoms with E-state index >= 15 is 0 Å². The first-order chi connectivity index (χ1) is 9.22. The summed E-state index contributed by atoms with van der Waals surface area (Å²) in [6, 6.07) is 7.87. The number of hydrogen-bond acceptors (Lipinski definition) is 4. The molecule has 0 aromatic heterocycles. The normalized spacial score (nSPS) is 10.2. The highest BCUT2D eigenvalue weighted by Gasteiger charge is 1.99. The van der Waals surface area contributed by atoms with Gasteiger partial charge in [-0.05, 0) is 25.5 Å². The third-order valence-electron chi connectivity index (χ3n) is 2.46. The van der Waals surface area contributed by atoms with Crippen LogP contribution in [0.3, 0.4) is 0 Å². The molecular weight excluding hydrogens is 244 g/mol. The van der Waals surface area contributed by atoms with Crippen LogP contribution in [0.25, 0.3) is 0 Å². The van der Waals surface area contributed by atoms with Crippen molar-refractivity contribution in [2.45, 2.75) is 26.7 Å². The second-order valence-electron chi connectivity index (χ2n) is 4.24. The lowest BCUT2D eigenvalue weighted by molar-refractivity contribution is -0.145. The van der Waals surface area contributed by atoms with Gasteiger partial charge in [0.1, 0.15) is 19.0 Å². The highest BCUT2D eigenvalue weighted by molar-refractivity contribution is 5.69. The Labute approximate surface area is 114 Å². The van der Waals surface area contributed by atoms with Crippen LogP contribution in [0.1, 0.15) is 25.3 Å². The minimum atomic E-state index is -0.165. The second kappa shape index (κ2) is 9.39. The zero-order valence-corrected chi connectivity index (χ0v) is 11.7. The number of carbonyl (C=O) groups is 1. The van der Waals surface area contributed by atoms with E-state index < -0.39 is 0 Å². The highest BCUT2D eigenvalue weighted by Crippen LogP contribution is 2.10. The number of benzene rings is 1. The molecule has 0 amide bonds. The SMILES string of the molecule is CCCC(=O)OCCOCCOc1ccc(C)cc1. The predicted molar refractivity (Wildman–Crippen MR) is 73.4 cm³/mol. The number of carbonyl (C=O) groups excluding carboxylic acids is 1. The molecule has 0 atom stereocenters. The van der Waals surface area contributed by atoms with Crippen LogP contribution in [0.4, 0.5) is 0 Å². The van der Waals surface area contributed by atoms with Crippen molar-refractivity contribution in [3.8, 4) is 5.75 Å². The highest BCUT2D eigenvalue weighted by atomic mass is 16.6. The Bertz CT molecular complexity index is 359. The average Bonchev–Trinajstić information content (AvgIpc) is 2.40. The lowest BCUT2D eigenvalue weighted by Gasteiger charge is -2.08.